The molecule has 0 aliphatic carbocycles. The molecule has 0 saturated heterocycles. The Morgan fingerprint density at radius 1 is 1.17 bits per heavy atom. The average molecular weight is 388 g/mol. The molecule has 3 N–H and O–H groups in total. The van der Waals surface area contributed by atoms with Crippen molar-refractivity contribution in [1.82, 2.24) is 0 Å². The molecule has 0 aromatic heterocycles. The van der Waals surface area contributed by atoms with Gasteiger partial charge in [-0.05, 0) is 20.3 Å². The first kappa shape index (κ1) is 25.0. The second kappa shape index (κ2) is 12.1. The van der Waals surface area contributed by atoms with E-state index in [1.807, 2.05) is 6.92 Å². The van der Waals surface area contributed by atoms with E-state index in [0.717, 1.165) is 12.5 Å². The fourth-order valence-corrected chi connectivity index (χ4v) is 1.89. The molecular weight excluding hydrogens is 366 g/mol. The lowest BCUT2D eigenvalue weighted by Crippen LogP contribution is -2.05. The van der Waals surface area contributed by atoms with Gasteiger partial charge in [0, 0.05) is 11.6 Å². The van der Waals surface area contributed by atoms with E-state index in [1.165, 1.54) is 19.9 Å². The van der Waals surface area contributed by atoms with Gasteiger partial charge in [0.1, 0.15) is 0 Å². The first-order valence-electron chi connectivity index (χ1n) is 6.63. The second-order valence-corrected chi connectivity index (χ2v) is 6.76. The Labute approximate surface area is 140 Å². The van der Waals surface area contributed by atoms with Gasteiger partial charge in [0.2, 0.25) is 0 Å². The third-order valence-electron chi connectivity index (χ3n) is 1.81. The number of allylic oxidation sites excluding steroid dienone is 1. The van der Waals surface area contributed by atoms with E-state index in [2.05, 4.69) is 20.2 Å². The summed E-state index contributed by atoms with van der Waals surface area (Å²) in [7, 11) is -8.89. The summed E-state index contributed by atoms with van der Waals surface area (Å²) in [6, 6.07) is 0. The molecule has 0 rings (SSSR count). The van der Waals surface area contributed by atoms with Crippen LogP contribution < -0.4 is 0 Å². The zero-order chi connectivity index (χ0) is 19.4. The highest BCUT2D eigenvalue weighted by Crippen LogP contribution is 2.43. The van der Waals surface area contributed by atoms with Gasteiger partial charge in [0.25, 0.3) is 0 Å². The van der Waals surface area contributed by atoms with Crippen LogP contribution in [0.1, 0.15) is 33.6 Å². The maximum atomic E-state index is 11.1. The van der Waals surface area contributed by atoms with Crippen LogP contribution in [-0.4, -0.2) is 33.2 Å². The first-order chi connectivity index (χ1) is 10.8. The molecule has 0 fully saturated rings. The van der Waals surface area contributed by atoms with Crippen LogP contribution in [0, 0.1) is 0 Å². The van der Waals surface area contributed by atoms with Crippen molar-refractivity contribution in [2.24, 2.45) is 0 Å². The average Bonchev–Trinajstić information content (AvgIpc) is 2.36. The van der Waals surface area contributed by atoms with Crippen LogP contribution in [0.5, 0.6) is 0 Å². The molecule has 10 nitrogen and oxygen atoms in total. The lowest BCUT2D eigenvalue weighted by molar-refractivity contribution is -0.132. The molecule has 0 amide bonds. The van der Waals surface area contributed by atoms with Crippen molar-refractivity contribution in [2.45, 2.75) is 33.6 Å². The fourth-order valence-electron chi connectivity index (χ4n) is 0.817. The van der Waals surface area contributed by atoms with Crippen molar-refractivity contribution in [2.75, 3.05) is 6.61 Å². The van der Waals surface area contributed by atoms with Gasteiger partial charge in [-0.1, -0.05) is 26.0 Å². The quantitative estimate of drug-likeness (QED) is 0.320. The molecule has 140 valence electrons. The minimum Gasteiger partial charge on any atom is -0.367 e. The van der Waals surface area contributed by atoms with Crippen molar-refractivity contribution in [3.63, 3.8) is 0 Å². The molecule has 0 bridgehead atoms. The summed E-state index contributed by atoms with van der Waals surface area (Å²) in [5, 5.41) is 0. The Balaban J connectivity index is 0. The third-order valence-corrected chi connectivity index (χ3v) is 3.13. The largest absolute Gasteiger partial charge is 0.529 e. The van der Waals surface area contributed by atoms with Gasteiger partial charge in [-0.2, -0.15) is 0 Å². The van der Waals surface area contributed by atoms with E-state index in [1.54, 1.807) is 0 Å². The summed E-state index contributed by atoms with van der Waals surface area (Å²) < 4.78 is 33.3. The first-order valence-corrected chi connectivity index (χ1v) is 9.65. The van der Waals surface area contributed by atoms with Crippen molar-refractivity contribution >= 4 is 27.6 Å². The van der Waals surface area contributed by atoms with Crippen molar-refractivity contribution in [3.8, 4) is 0 Å². The van der Waals surface area contributed by atoms with Gasteiger partial charge in [-0.25, -0.2) is 18.7 Å². The second-order valence-electron chi connectivity index (χ2n) is 4.22. The molecule has 0 heterocycles. The lowest BCUT2D eigenvalue weighted by atomic mass is 10.4. The van der Waals surface area contributed by atoms with E-state index in [4.69, 9.17) is 14.7 Å². The summed E-state index contributed by atoms with van der Waals surface area (Å²) in [4.78, 5) is 46.2. The Hall–Kier alpha value is -1.28. The van der Waals surface area contributed by atoms with E-state index in [9.17, 15) is 18.7 Å². The predicted molar refractivity (Wildman–Crippen MR) is 84.5 cm³/mol. The maximum absolute atomic E-state index is 11.1. The predicted octanol–water partition coefficient (Wildman–Crippen LogP) is 2.22. The highest BCUT2D eigenvalue weighted by molar-refractivity contribution is 7.48. The third kappa shape index (κ3) is 17.1. The van der Waals surface area contributed by atoms with E-state index in [-0.39, 0.29) is 12.2 Å². The standard InChI is InChI=1S/C8H15O5P.C4H7O5P/c1-4-5-6-12-14(10,11)13-8(9)7(2)3;1-2-3-4(5)9-10(6,7)8/h2,4-6H2,1,3H3,(H,10,11);2-3H,1H3,(H2,6,7,8). The number of phosphoric acid groups is 2. The van der Waals surface area contributed by atoms with Gasteiger partial charge in [-0.15, -0.1) is 0 Å². The van der Waals surface area contributed by atoms with Crippen LogP contribution in [0.15, 0.2) is 24.3 Å². The number of hydrogen-bond acceptors (Lipinski definition) is 7. The summed E-state index contributed by atoms with van der Waals surface area (Å²) in [6.45, 7) is 8.18. The SMILES string of the molecule is C=C(C)C(=O)OP(=O)(O)OCCCC.CC=CC(=O)OP(=O)(O)O. The number of carbonyl (C=O) groups excluding carboxylic acids is 2. The minimum atomic E-state index is -4.65. The Morgan fingerprint density at radius 3 is 2.08 bits per heavy atom. The van der Waals surface area contributed by atoms with Gasteiger partial charge in [0.05, 0.1) is 6.61 Å². The zero-order valence-corrected chi connectivity index (χ0v) is 15.4. The molecule has 24 heavy (non-hydrogen) atoms. The van der Waals surface area contributed by atoms with Gasteiger partial charge < -0.3 is 9.05 Å². The number of hydrogen-bond donors (Lipinski definition) is 3. The number of phosphoric ester groups is 2. The minimum absolute atomic E-state index is 0.0540. The highest BCUT2D eigenvalue weighted by Gasteiger charge is 2.25. The van der Waals surface area contributed by atoms with Crippen molar-refractivity contribution in [3.05, 3.63) is 24.3 Å². The fraction of sp³-hybridized carbons (Fsp3) is 0.500. The normalized spacial score (nSPS) is 13.4. The van der Waals surface area contributed by atoms with Crippen molar-refractivity contribution in [1.29, 1.82) is 0 Å². The van der Waals surface area contributed by atoms with E-state index >= 15 is 0 Å². The van der Waals surface area contributed by atoms with Crippen LogP contribution in [-0.2, 0) is 32.3 Å². The number of carbonyl (C=O) groups is 2. The maximum Gasteiger partial charge on any atom is 0.529 e. The molecule has 0 aromatic rings. The topological polar surface area (TPSA) is 157 Å². The summed E-state index contributed by atoms with van der Waals surface area (Å²) >= 11 is 0. The monoisotopic (exact) mass is 388 g/mol. The molecule has 0 aromatic carbocycles. The smallest absolute Gasteiger partial charge is 0.367 e. The molecule has 0 aliphatic rings. The molecule has 1 unspecified atom stereocenters. The van der Waals surface area contributed by atoms with Crippen LogP contribution in [0.4, 0.5) is 0 Å². The number of unbranched alkanes of at least 4 members (excludes halogenated alkanes) is 1. The molecular formula is C12H22O10P2. The van der Waals surface area contributed by atoms with Gasteiger partial charge >= 0.3 is 27.6 Å². The molecule has 0 aliphatic heterocycles. The highest BCUT2D eigenvalue weighted by atomic mass is 31.2. The molecule has 1 atom stereocenters. The lowest BCUT2D eigenvalue weighted by Gasteiger charge is -2.10. The molecule has 0 radical (unpaired) electrons. The Kier molecular flexibility index (Phi) is 12.6. The summed E-state index contributed by atoms with van der Waals surface area (Å²) in [6.07, 6.45) is 3.70. The molecule has 12 heteroatoms. The van der Waals surface area contributed by atoms with E-state index in [0.29, 0.717) is 6.42 Å². The Bertz CT molecular complexity index is 548. The van der Waals surface area contributed by atoms with Crippen LogP contribution in [0.25, 0.3) is 0 Å². The summed E-state index contributed by atoms with van der Waals surface area (Å²) in [5.74, 6) is -1.97. The van der Waals surface area contributed by atoms with Gasteiger partial charge in [-0.3, -0.25) is 19.2 Å². The van der Waals surface area contributed by atoms with E-state index < -0.39 is 27.6 Å². The van der Waals surface area contributed by atoms with Gasteiger partial charge in [0.15, 0.2) is 0 Å². The molecule has 0 spiro atoms. The van der Waals surface area contributed by atoms with Crippen LogP contribution >= 0.6 is 15.6 Å². The molecule has 0 saturated carbocycles. The zero-order valence-electron chi connectivity index (χ0n) is 13.6. The Morgan fingerprint density at radius 2 is 1.71 bits per heavy atom. The van der Waals surface area contributed by atoms with Crippen molar-refractivity contribution < 1.29 is 47.0 Å². The van der Waals surface area contributed by atoms with Crippen LogP contribution in [0.3, 0.4) is 0 Å². The van der Waals surface area contributed by atoms with Crippen LogP contribution in [0.2, 0.25) is 0 Å². The summed E-state index contributed by atoms with van der Waals surface area (Å²) in [5.41, 5.74) is 0.0540. The number of rotatable bonds is 8.